The second-order valence-electron chi connectivity index (χ2n) is 5.66. The summed E-state index contributed by atoms with van der Waals surface area (Å²) in [5.74, 6) is 0. The lowest BCUT2D eigenvalue weighted by Gasteiger charge is -2.32. The summed E-state index contributed by atoms with van der Waals surface area (Å²) in [5, 5.41) is 12.3. The Morgan fingerprint density at radius 2 is 1.89 bits per heavy atom. The summed E-state index contributed by atoms with van der Waals surface area (Å²) in [4.78, 5) is 0. The van der Waals surface area contributed by atoms with Crippen LogP contribution in [0.2, 0.25) is 0 Å². The minimum absolute atomic E-state index is 0.357. The molecule has 0 spiro atoms. The second-order valence-corrected chi connectivity index (χ2v) is 6.44. The van der Waals surface area contributed by atoms with Crippen LogP contribution in [0.25, 0.3) is 5.69 Å². The van der Waals surface area contributed by atoms with Crippen LogP contribution in [-0.4, -0.2) is 33.3 Å². The SMILES string of the molecule is CC1(C)OB(c2cn(-c3ccsc3)nn2)OC1(C)C. The van der Waals surface area contributed by atoms with Crippen LogP contribution in [0.5, 0.6) is 0 Å². The maximum atomic E-state index is 5.95. The summed E-state index contributed by atoms with van der Waals surface area (Å²) >= 11 is 1.62. The standard InChI is InChI=1S/C12H16BN3O2S/c1-11(2)12(3,4)18-13(17-11)10-7-16(15-14-10)9-5-6-19-8-9/h5-8H,1-4H3. The first-order valence-electron chi connectivity index (χ1n) is 6.19. The van der Waals surface area contributed by atoms with E-state index in [0.717, 1.165) is 5.69 Å². The first-order chi connectivity index (χ1) is 8.89. The molecule has 0 unspecified atom stereocenters. The second kappa shape index (κ2) is 4.16. The van der Waals surface area contributed by atoms with Crippen molar-refractivity contribution in [2.24, 2.45) is 0 Å². The molecule has 0 N–H and O–H groups in total. The van der Waals surface area contributed by atoms with Crippen molar-refractivity contribution in [3.63, 3.8) is 0 Å². The first kappa shape index (κ1) is 12.8. The van der Waals surface area contributed by atoms with Gasteiger partial charge in [-0.2, -0.15) is 11.3 Å². The van der Waals surface area contributed by atoms with Crippen LogP contribution in [0, 0.1) is 0 Å². The fourth-order valence-electron chi connectivity index (χ4n) is 1.86. The van der Waals surface area contributed by atoms with Gasteiger partial charge < -0.3 is 9.31 Å². The van der Waals surface area contributed by atoms with Crippen LogP contribution in [0.3, 0.4) is 0 Å². The van der Waals surface area contributed by atoms with Gasteiger partial charge in [-0.15, -0.1) is 5.10 Å². The Hall–Kier alpha value is -1.18. The maximum Gasteiger partial charge on any atom is 0.518 e. The van der Waals surface area contributed by atoms with E-state index < -0.39 is 7.12 Å². The van der Waals surface area contributed by atoms with Gasteiger partial charge in [0.05, 0.1) is 23.1 Å². The van der Waals surface area contributed by atoms with Gasteiger partial charge in [-0.3, -0.25) is 0 Å². The first-order valence-corrected chi connectivity index (χ1v) is 7.14. The molecule has 0 bridgehead atoms. The molecule has 0 saturated carbocycles. The zero-order chi connectivity index (χ0) is 13.7. The Morgan fingerprint density at radius 1 is 1.21 bits per heavy atom. The third-order valence-electron chi connectivity index (χ3n) is 3.78. The number of hydrogen-bond acceptors (Lipinski definition) is 5. The van der Waals surface area contributed by atoms with Gasteiger partial charge in [0, 0.05) is 5.38 Å². The largest absolute Gasteiger partial charge is 0.518 e. The van der Waals surface area contributed by atoms with Crippen LogP contribution >= 0.6 is 11.3 Å². The van der Waals surface area contributed by atoms with Gasteiger partial charge in [-0.1, -0.05) is 5.21 Å². The van der Waals surface area contributed by atoms with Crippen molar-refractivity contribution in [1.29, 1.82) is 0 Å². The maximum absolute atomic E-state index is 5.95. The Balaban J connectivity index is 1.85. The van der Waals surface area contributed by atoms with Crippen molar-refractivity contribution in [3.8, 4) is 5.69 Å². The lowest BCUT2D eigenvalue weighted by atomic mass is 9.86. The highest BCUT2D eigenvalue weighted by atomic mass is 32.1. The van der Waals surface area contributed by atoms with Gasteiger partial charge in [0.15, 0.2) is 0 Å². The number of aromatic nitrogens is 3. The molecule has 5 nitrogen and oxygen atoms in total. The zero-order valence-corrected chi connectivity index (χ0v) is 12.3. The molecule has 7 heteroatoms. The topological polar surface area (TPSA) is 49.2 Å². The van der Waals surface area contributed by atoms with E-state index in [0.29, 0.717) is 5.59 Å². The predicted octanol–water partition coefficient (Wildman–Crippen LogP) is 1.63. The van der Waals surface area contributed by atoms with Crippen LogP contribution in [-0.2, 0) is 9.31 Å². The summed E-state index contributed by atoms with van der Waals surface area (Å²) in [6, 6.07) is 1.99. The molecule has 19 heavy (non-hydrogen) atoms. The number of nitrogens with zero attached hydrogens (tertiary/aromatic N) is 3. The highest BCUT2D eigenvalue weighted by Crippen LogP contribution is 2.36. The quantitative estimate of drug-likeness (QED) is 0.783. The zero-order valence-electron chi connectivity index (χ0n) is 11.5. The average Bonchev–Trinajstić information content (AvgIpc) is 3.00. The molecule has 2 aromatic rings. The highest BCUT2D eigenvalue weighted by Gasteiger charge is 2.52. The summed E-state index contributed by atoms with van der Waals surface area (Å²) in [5.41, 5.74) is 0.985. The minimum Gasteiger partial charge on any atom is -0.398 e. The molecule has 1 aliphatic rings. The van der Waals surface area contributed by atoms with Crippen LogP contribution < -0.4 is 5.59 Å². The molecule has 0 amide bonds. The smallest absolute Gasteiger partial charge is 0.398 e. The summed E-state index contributed by atoms with van der Waals surface area (Å²) in [6.45, 7) is 8.10. The molecule has 1 saturated heterocycles. The number of hydrogen-bond donors (Lipinski definition) is 0. The summed E-state index contributed by atoms with van der Waals surface area (Å²) in [6.07, 6.45) is 1.85. The van der Waals surface area contributed by atoms with E-state index in [4.69, 9.17) is 9.31 Å². The Kier molecular flexibility index (Phi) is 2.81. The van der Waals surface area contributed by atoms with Gasteiger partial charge >= 0.3 is 7.12 Å². The van der Waals surface area contributed by atoms with E-state index in [1.807, 2.05) is 50.7 Å². The Labute approximate surface area is 116 Å². The van der Waals surface area contributed by atoms with Gasteiger partial charge in [0.1, 0.15) is 5.59 Å². The van der Waals surface area contributed by atoms with Crippen molar-refractivity contribution in [2.75, 3.05) is 0 Å². The van der Waals surface area contributed by atoms with Crippen LogP contribution in [0.1, 0.15) is 27.7 Å². The summed E-state index contributed by atoms with van der Waals surface area (Å²) in [7, 11) is -0.461. The monoisotopic (exact) mass is 277 g/mol. The van der Waals surface area contributed by atoms with Gasteiger partial charge in [-0.25, -0.2) is 4.68 Å². The van der Waals surface area contributed by atoms with Gasteiger partial charge in [-0.05, 0) is 39.1 Å². The number of thiophene rings is 1. The molecule has 0 aromatic carbocycles. The van der Waals surface area contributed by atoms with E-state index in [-0.39, 0.29) is 11.2 Å². The average molecular weight is 277 g/mol. The molecule has 100 valence electrons. The molecule has 1 aliphatic heterocycles. The van der Waals surface area contributed by atoms with Crippen LogP contribution in [0.15, 0.2) is 23.0 Å². The fourth-order valence-corrected chi connectivity index (χ4v) is 2.48. The Bertz CT molecular complexity index is 564. The van der Waals surface area contributed by atoms with E-state index in [1.165, 1.54) is 0 Å². The number of rotatable bonds is 2. The normalized spacial score (nSPS) is 20.9. The van der Waals surface area contributed by atoms with Gasteiger partial charge in [0.2, 0.25) is 0 Å². The van der Waals surface area contributed by atoms with Crippen molar-refractivity contribution in [2.45, 2.75) is 38.9 Å². The lowest BCUT2D eigenvalue weighted by Crippen LogP contribution is -2.41. The van der Waals surface area contributed by atoms with Crippen molar-refractivity contribution >= 4 is 24.0 Å². The minimum atomic E-state index is -0.461. The van der Waals surface area contributed by atoms with Crippen molar-refractivity contribution in [1.82, 2.24) is 15.0 Å². The van der Waals surface area contributed by atoms with Crippen molar-refractivity contribution < 1.29 is 9.31 Å². The molecule has 2 aromatic heterocycles. The van der Waals surface area contributed by atoms with E-state index in [9.17, 15) is 0 Å². The van der Waals surface area contributed by atoms with E-state index in [2.05, 4.69) is 10.3 Å². The third-order valence-corrected chi connectivity index (χ3v) is 4.45. The molecule has 0 aliphatic carbocycles. The van der Waals surface area contributed by atoms with Gasteiger partial charge in [0.25, 0.3) is 0 Å². The predicted molar refractivity (Wildman–Crippen MR) is 75.0 cm³/mol. The molecule has 0 radical (unpaired) electrons. The fraction of sp³-hybridized carbons (Fsp3) is 0.500. The molecule has 3 heterocycles. The molecular weight excluding hydrogens is 261 g/mol. The highest BCUT2D eigenvalue weighted by molar-refractivity contribution is 7.08. The molecule has 3 rings (SSSR count). The lowest BCUT2D eigenvalue weighted by molar-refractivity contribution is 0.00578. The van der Waals surface area contributed by atoms with Crippen LogP contribution in [0.4, 0.5) is 0 Å². The molecular formula is C12H16BN3O2S. The Morgan fingerprint density at radius 3 is 2.47 bits per heavy atom. The van der Waals surface area contributed by atoms with Crippen molar-refractivity contribution in [3.05, 3.63) is 23.0 Å². The summed E-state index contributed by atoms with van der Waals surface area (Å²) < 4.78 is 13.6. The third kappa shape index (κ3) is 2.11. The molecule has 0 atom stereocenters. The van der Waals surface area contributed by atoms with E-state index in [1.54, 1.807) is 16.0 Å². The molecule has 1 fully saturated rings. The van der Waals surface area contributed by atoms with E-state index >= 15 is 0 Å².